The largest absolute Gasteiger partial charge is 0.497 e. The van der Waals surface area contributed by atoms with Gasteiger partial charge in [-0.15, -0.1) is 0 Å². The van der Waals surface area contributed by atoms with Gasteiger partial charge in [0.25, 0.3) is 0 Å². The Hall–Kier alpha value is -3.44. The summed E-state index contributed by atoms with van der Waals surface area (Å²) < 4.78 is 46.7. The lowest BCUT2D eigenvalue weighted by Crippen LogP contribution is -2.47. The van der Waals surface area contributed by atoms with E-state index in [0.717, 1.165) is 45.2 Å². The molecule has 11 heteroatoms. The predicted molar refractivity (Wildman–Crippen MR) is 152 cm³/mol. The van der Waals surface area contributed by atoms with Gasteiger partial charge in [0.05, 0.1) is 18.0 Å². The number of hydrogen-bond acceptors (Lipinski definition) is 9. The topological polar surface area (TPSA) is 107 Å². The molecule has 4 heterocycles. The number of pyridine rings is 1. The van der Waals surface area contributed by atoms with Gasteiger partial charge in [0.2, 0.25) is 27.7 Å². The zero-order valence-corrected chi connectivity index (χ0v) is 24.1. The van der Waals surface area contributed by atoms with Crippen molar-refractivity contribution in [2.45, 2.75) is 63.0 Å². The third-order valence-electron chi connectivity index (χ3n) is 7.50. The van der Waals surface area contributed by atoms with Crippen molar-refractivity contribution in [1.82, 2.24) is 19.3 Å². The van der Waals surface area contributed by atoms with Crippen molar-refractivity contribution < 1.29 is 22.6 Å². The number of nitrogens with zero attached hydrogens (tertiary/aromatic N) is 5. The minimum atomic E-state index is -3.71. The summed E-state index contributed by atoms with van der Waals surface area (Å²) >= 11 is 0. The lowest BCUT2D eigenvalue weighted by molar-refractivity contribution is 0.162. The molecule has 0 spiro atoms. The quantitative estimate of drug-likeness (QED) is 0.377. The molecule has 40 heavy (non-hydrogen) atoms. The van der Waals surface area contributed by atoms with Gasteiger partial charge in [-0.25, -0.2) is 18.4 Å². The Morgan fingerprint density at radius 1 is 0.925 bits per heavy atom. The molecule has 2 fully saturated rings. The van der Waals surface area contributed by atoms with Crippen molar-refractivity contribution in [3.05, 3.63) is 59.9 Å². The zero-order valence-electron chi connectivity index (χ0n) is 23.3. The number of aryl methyl sites for hydroxylation is 2. The van der Waals surface area contributed by atoms with Crippen molar-refractivity contribution in [3.63, 3.8) is 0 Å². The van der Waals surface area contributed by atoms with Crippen LogP contribution in [0.15, 0.2) is 53.7 Å². The van der Waals surface area contributed by atoms with Crippen molar-refractivity contribution >= 4 is 16.0 Å². The molecule has 0 bridgehead atoms. The highest BCUT2D eigenvalue weighted by atomic mass is 32.2. The molecule has 1 unspecified atom stereocenters. The van der Waals surface area contributed by atoms with E-state index in [4.69, 9.17) is 14.2 Å². The number of benzene rings is 1. The average molecular weight is 568 g/mol. The maximum absolute atomic E-state index is 13.8. The first-order chi connectivity index (χ1) is 19.3. The standard InChI is InChI=1S/C29H37N5O5S/c1-21-18-25(37-3)19-22(2)28(21)40(35,36)34-15-7-5-8-23(34)20-38-27-10-14-31-29(32-27)33-16-11-24(12-17-33)39-26-9-4-6-13-30-26/h4,6,9-10,13-14,18-19,23-24H,5,7-8,11-12,15-17,20H2,1-3H3. The van der Waals surface area contributed by atoms with E-state index in [2.05, 4.69) is 19.9 Å². The van der Waals surface area contributed by atoms with Gasteiger partial charge in [-0.2, -0.15) is 9.29 Å². The van der Waals surface area contributed by atoms with Crippen LogP contribution in [0.25, 0.3) is 0 Å². The van der Waals surface area contributed by atoms with E-state index in [9.17, 15) is 8.42 Å². The summed E-state index contributed by atoms with van der Waals surface area (Å²) in [7, 11) is -2.13. The summed E-state index contributed by atoms with van der Waals surface area (Å²) in [5, 5.41) is 0. The summed E-state index contributed by atoms with van der Waals surface area (Å²) in [6.07, 6.45) is 7.69. The zero-order chi connectivity index (χ0) is 28.1. The number of ether oxygens (including phenoxy) is 3. The number of hydrogen-bond donors (Lipinski definition) is 0. The molecule has 0 N–H and O–H groups in total. The lowest BCUT2D eigenvalue weighted by atomic mass is 10.1. The minimum Gasteiger partial charge on any atom is -0.497 e. The number of piperidine rings is 2. The lowest BCUT2D eigenvalue weighted by Gasteiger charge is -2.35. The van der Waals surface area contributed by atoms with Crippen LogP contribution >= 0.6 is 0 Å². The molecule has 0 amide bonds. The van der Waals surface area contributed by atoms with Crippen molar-refractivity contribution in [2.75, 3.05) is 38.3 Å². The Kier molecular flexibility index (Phi) is 8.70. The van der Waals surface area contributed by atoms with Gasteiger partial charge in [-0.1, -0.05) is 12.5 Å². The minimum absolute atomic E-state index is 0.0998. The first-order valence-corrected chi connectivity index (χ1v) is 15.2. The van der Waals surface area contributed by atoms with E-state index in [1.807, 2.05) is 32.0 Å². The normalized spacial score (nSPS) is 18.9. The molecular weight excluding hydrogens is 530 g/mol. The van der Waals surface area contributed by atoms with E-state index in [1.165, 1.54) is 0 Å². The van der Waals surface area contributed by atoms with Crippen LogP contribution in [-0.4, -0.2) is 73.2 Å². The van der Waals surface area contributed by atoms with E-state index in [0.29, 0.717) is 46.0 Å². The highest BCUT2D eigenvalue weighted by Gasteiger charge is 2.36. The van der Waals surface area contributed by atoms with Gasteiger partial charge in [-0.3, -0.25) is 0 Å². The van der Waals surface area contributed by atoms with Gasteiger partial charge < -0.3 is 19.1 Å². The Morgan fingerprint density at radius 3 is 2.40 bits per heavy atom. The van der Waals surface area contributed by atoms with Gasteiger partial charge in [0.1, 0.15) is 18.5 Å². The monoisotopic (exact) mass is 567 g/mol. The first kappa shape index (κ1) is 28.1. The second-order valence-corrected chi connectivity index (χ2v) is 12.2. The van der Waals surface area contributed by atoms with Gasteiger partial charge in [-0.05, 0) is 56.0 Å². The summed E-state index contributed by atoms with van der Waals surface area (Å²) in [6.45, 7) is 5.84. The Labute approximate surface area is 236 Å². The number of aromatic nitrogens is 3. The van der Waals surface area contributed by atoms with E-state index >= 15 is 0 Å². The molecule has 0 radical (unpaired) electrons. The molecule has 2 aliphatic heterocycles. The second kappa shape index (κ2) is 12.4. The van der Waals surface area contributed by atoms with Crippen LogP contribution < -0.4 is 19.1 Å². The number of methoxy groups -OCH3 is 1. The Balaban J connectivity index is 1.23. The second-order valence-electron chi connectivity index (χ2n) is 10.3. The fourth-order valence-electron chi connectivity index (χ4n) is 5.52. The summed E-state index contributed by atoms with van der Waals surface area (Å²) in [4.78, 5) is 15.8. The van der Waals surface area contributed by atoms with Crippen LogP contribution in [0.3, 0.4) is 0 Å². The molecule has 1 aromatic carbocycles. The van der Waals surface area contributed by atoms with Crippen LogP contribution in [0.1, 0.15) is 43.2 Å². The molecule has 1 atom stereocenters. The summed E-state index contributed by atoms with van der Waals surface area (Å²) in [5.41, 5.74) is 1.36. The van der Waals surface area contributed by atoms with Crippen LogP contribution in [0.4, 0.5) is 5.95 Å². The van der Waals surface area contributed by atoms with Crippen molar-refractivity contribution in [1.29, 1.82) is 0 Å². The molecule has 0 saturated carbocycles. The molecule has 2 aliphatic rings. The van der Waals surface area contributed by atoms with Crippen molar-refractivity contribution in [2.24, 2.45) is 0 Å². The molecular formula is C29H37N5O5S. The third kappa shape index (κ3) is 6.31. The highest BCUT2D eigenvalue weighted by Crippen LogP contribution is 2.32. The number of rotatable bonds is 9. The van der Waals surface area contributed by atoms with Crippen LogP contribution in [0.5, 0.6) is 17.5 Å². The van der Waals surface area contributed by atoms with Gasteiger partial charge >= 0.3 is 0 Å². The maximum Gasteiger partial charge on any atom is 0.243 e. The molecule has 2 saturated heterocycles. The molecule has 5 rings (SSSR count). The van der Waals surface area contributed by atoms with E-state index in [-0.39, 0.29) is 18.8 Å². The van der Waals surface area contributed by atoms with E-state index in [1.54, 1.807) is 42.0 Å². The van der Waals surface area contributed by atoms with Crippen molar-refractivity contribution in [3.8, 4) is 17.5 Å². The molecule has 2 aromatic heterocycles. The third-order valence-corrected chi connectivity index (χ3v) is 9.76. The number of anilines is 1. The Bertz CT molecular complexity index is 1370. The maximum atomic E-state index is 13.8. The molecule has 10 nitrogen and oxygen atoms in total. The fraction of sp³-hybridized carbons (Fsp3) is 0.483. The molecule has 0 aliphatic carbocycles. The summed E-state index contributed by atoms with van der Waals surface area (Å²) in [5.74, 6) is 2.34. The average Bonchev–Trinajstić information content (AvgIpc) is 2.97. The molecule has 3 aromatic rings. The van der Waals surface area contributed by atoms with Crippen LogP contribution in [0, 0.1) is 13.8 Å². The highest BCUT2D eigenvalue weighted by molar-refractivity contribution is 7.89. The van der Waals surface area contributed by atoms with E-state index < -0.39 is 10.0 Å². The smallest absolute Gasteiger partial charge is 0.243 e. The summed E-state index contributed by atoms with van der Waals surface area (Å²) in [6, 6.07) is 10.6. The Morgan fingerprint density at radius 2 is 1.70 bits per heavy atom. The van der Waals surface area contributed by atoms with Crippen LogP contribution in [-0.2, 0) is 10.0 Å². The van der Waals surface area contributed by atoms with Gasteiger partial charge in [0.15, 0.2) is 0 Å². The fourth-order valence-corrected chi connectivity index (χ4v) is 7.61. The number of sulfonamides is 1. The predicted octanol–water partition coefficient (Wildman–Crippen LogP) is 4.17. The SMILES string of the molecule is COc1cc(C)c(S(=O)(=O)N2CCCCC2COc2ccnc(N3CCC(Oc4ccccn4)CC3)n2)c(C)c1. The molecule has 214 valence electrons. The van der Waals surface area contributed by atoms with Crippen LogP contribution in [0.2, 0.25) is 0 Å². The van der Waals surface area contributed by atoms with Gasteiger partial charge in [0, 0.05) is 57.0 Å². The first-order valence-electron chi connectivity index (χ1n) is 13.8.